The third-order valence-electron chi connectivity index (χ3n) is 2.77. The minimum absolute atomic E-state index is 0.0372. The SMILES string of the molecule is O=C(OCC1CCCCO1)c1ccccc1Cl. The quantitative estimate of drug-likeness (QED) is 0.778. The van der Waals surface area contributed by atoms with Crippen LogP contribution in [-0.2, 0) is 9.47 Å². The van der Waals surface area contributed by atoms with Crippen LogP contribution in [0.15, 0.2) is 24.3 Å². The Balaban J connectivity index is 1.87. The first kappa shape index (κ1) is 12.4. The normalized spacial score (nSPS) is 19.9. The highest BCUT2D eigenvalue weighted by Gasteiger charge is 2.17. The molecule has 0 spiro atoms. The van der Waals surface area contributed by atoms with Gasteiger partial charge in [-0.15, -0.1) is 0 Å². The summed E-state index contributed by atoms with van der Waals surface area (Å²) >= 11 is 5.91. The summed E-state index contributed by atoms with van der Waals surface area (Å²) in [6.07, 6.45) is 3.22. The summed E-state index contributed by atoms with van der Waals surface area (Å²) in [6.45, 7) is 1.07. The van der Waals surface area contributed by atoms with E-state index in [0.29, 0.717) is 17.2 Å². The molecular weight excluding hydrogens is 240 g/mol. The second-order valence-corrected chi connectivity index (χ2v) is 4.47. The number of rotatable bonds is 3. The van der Waals surface area contributed by atoms with E-state index >= 15 is 0 Å². The maximum absolute atomic E-state index is 11.7. The Bertz CT molecular complexity index is 386. The van der Waals surface area contributed by atoms with E-state index in [2.05, 4.69) is 0 Å². The molecule has 1 atom stereocenters. The Morgan fingerprint density at radius 1 is 1.41 bits per heavy atom. The van der Waals surface area contributed by atoms with Gasteiger partial charge in [0.15, 0.2) is 0 Å². The molecule has 1 saturated heterocycles. The van der Waals surface area contributed by atoms with E-state index in [1.807, 2.05) is 0 Å². The van der Waals surface area contributed by atoms with Crippen LogP contribution in [0.4, 0.5) is 0 Å². The van der Waals surface area contributed by atoms with Crippen molar-refractivity contribution in [1.82, 2.24) is 0 Å². The van der Waals surface area contributed by atoms with Gasteiger partial charge in [0.25, 0.3) is 0 Å². The van der Waals surface area contributed by atoms with E-state index in [9.17, 15) is 4.79 Å². The van der Waals surface area contributed by atoms with Crippen molar-refractivity contribution in [2.24, 2.45) is 0 Å². The smallest absolute Gasteiger partial charge is 0.339 e. The van der Waals surface area contributed by atoms with Gasteiger partial charge in [-0.05, 0) is 31.4 Å². The molecule has 0 radical (unpaired) electrons. The van der Waals surface area contributed by atoms with Crippen LogP contribution in [-0.4, -0.2) is 25.3 Å². The van der Waals surface area contributed by atoms with Crippen LogP contribution in [0.1, 0.15) is 29.6 Å². The van der Waals surface area contributed by atoms with Crippen molar-refractivity contribution in [2.45, 2.75) is 25.4 Å². The van der Waals surface area contributed by atoms with E-state index in [1.165, 1.54) is 0 Å². The lowest BCUT2D eigenvalue weighted by Gasteiger charge is -2.22. The first-order valence-corrected chi connectivity index (χ1v) is 6.18. The number of ether oxygens (including phenoxy) is 2. The van der Waals surface area contributed by atoms with Crippen molar-refractivity contribution in [3.05, 3.63) is 34.9 Å². The average Bonchev–Trinajstić information content (AvgIpc) is 2.38. The lowest BCUT2D eigenvalue weighted by atomic mass is 10.1. The predicted octanol–water partition coefficient (Wildman–Crippen LogP) is 3.07. The summed E-state index contributed by atoms with van der Waals surface area (Å²) in [5.41, 5.74) is 0.407. The summed E-state index contributed by atoms with van der Waals surface area (Å²) in [7, 11) is 0. The molecule has 1 aliphatic heterocycles. The summed E-state index contributed by atoms with van der Waals surface area (Å²) in [4.78, 5) is 11.7. The minimum atomic E-state index is -0.384. The molecule has 2 rings (SSSR count). The number of carbonyl (C=O) groups is 1. The van der Waals surface area contributed by atoms with Crippen LogP contribution in [0.5, 0.6) is 0 Å². The molecule has 0 amide bonds. The van der Waals surface area contributed by atoms with Gasteiger partial charge in [-0.3, -0.25) is 0 Å². The van der Waals surface area contributed by atoms with Crippen LogP contribution in [0, 0.1) is 0 Å². The largest absolute Gasteiger partial charge is 0.459 e. The highest BCUT2D eigenvalue weighted by atomic mass is 35.5. The van der Waals surface area contributed by atoms with Crippen molar-refractivity contribution < 1.29 is 14.3 Å². The van der Waals surface area contributed by atoms with Gasteiger partial charge in [0.2, 0.25) is 0 Å². The van der Waals surface area contributed by atoms with Crippen LogP contribution in [0.25, 0.3) is 0 Å². The predicted molar refractivity (Wildman–Crippen MR) is 65.3 cm³/mol. The molecule has 0 N–H and O–H groups in total. The van der Waals surface area contributed by atoms with Gasteiger partial charge in [-0.25, -0.2) is 4.79 Å². The molecule has 0 aliphatic carbocycles. The fraction of sp³-hybridized carbons (Fsp3) is 0.462. The lowest BCUT2D eigenvalue weighted by Crippen LogP contribution is -2.26. The Morgan fingerprint density at radius 3 is 2.94 bits per heavy atom. The minimum Gasteiger partial charge on any atom is -0.459 e. The molecule has 4 heteroatoms. The maximum Gasteiger partial charge on any atom is 0.339 e. The van der Waals surface area contributed by atoms with Gasteiger partial charge in [-0.1, -0.05) is 23.7 Å². The summed E-state index contributed by atoms with van der Waals surface area (Å²) < 4.78 is 10.7. The number of carbonyl (C=O) groups excluding carboxylic acids is 1. The van der Waals surface area contributed by atoms with E-state index in [1.54, 1.807) is 24.3 Å². The fourth-order valence-corrected chi connectivity index (χ4v) is 2.02. The van der Waals surface area contributed by atoms with Gasteiger partial charge in [0.1, 0.15) is 6.61 Å². The molecular formula is C13H15ClO3. The number of halogens is 1. The molecule has 3 nitrogen and oxygen atoms in total. The molecule has 1 fully saturated rings. The third-order valence-corrected chi connectivity index (χ3v) is 3.10. The molecule has 92 valence electrons. The number of benzene rings is 1. The van der Waals surface area contributed by atoms with Crippen molar-refractivity contribution in [3.8, 4) is 0 Å². The number of esters is 1. The van der Waals surface area contributed by atoms with Crippen LogP contribution >= 0.6 is 11.6 Å². The summed E-state index contributed by atoms with van der Waals surface area (Å²) in [5, 5.41) is 0.419. The summed E-state index contributed by atoms with van der Waals surface area (Å²) in [5.74, 6) is -0.384. The Morgan fingerprint density at radius 2 is 2.24 bits per heavy atom. The maximum atomic E-state index is 11.7. The topological polar surface area (TPSA) is 35.5 Å². The van der Waals surface area contributed by atoms with E-state index < -0.39 is 0 Å². The van der Waals surface area contributed by atoms with E-state index in [-0.39, 0.29) is 12.1 Å². The molecule has 1 aromatic rings. The molecule has 0 aromatic heterocycles. The van der Waals surface area contributed by atoms with Crippen LogP contribution in [0.2, 0.25) is 5.02 Å². The highest BCUT2D eigenvalue weighted by molar-refractivity contribution is 6.33. The zero-order valence-electron chi connectivity index (χ0n) is 9.52. The lowest BCUT2D eigenvalue weighted by molar-refractivity contribution is -0.0300. The molecule has 0 bridgehead atoms. The van der Waals surface area contributed by atoms with Gasteiger partial charge >= 0.3 is 5.97 Å². The Kier molecular flexibility index (Phi) is 4.40. The second kappa shape index (κ2) is 6.03. The van der Waals surface area contributed by atoms with Gasteiger partial charge < -0.3 is 9.47 Å². The molecule has 1 aromatic carbocycles. The zero-order valence-corrected chi connectivity index (χ0v) is 10.3. The highest BCUT2D eigenvalue weighted by Crippen LogP contribution is 2.17. The van der Waals surface area contributed by atoms with Crippen molar-refractivity contribution in [2.75, 3.05) is 13.2 Å². The molecule has 1 heterocycles. The summed E-state index contributed by atoms with van der Waals surface area (Å²) in [6, 6.07) is 6.88. The van der Waals surface area contributed by atoms with E-state index in [4.69, 9.17) is 21.1 Å². The van der Waals surface area contributed by atoms with Crippen LogP contribution in [0.3, 0.4) is 0 Å². The monoisotopic (exact) mass is 254 g/mol. The molecule has 1 aliphatic rings. The first-order chi connectivity index (χ1) is 8.27. The standard InChI is InChI=1S/C13H15ClO3/c14-12-7-2-1-6-11(12)13(15)17-9-10-5-3-4-8-16-10/h1-2,6-7,10H,3-5,8-9H2. The Hall–Kier alpha value is -1.06. The third kappa shape index (κ3) is 3.45. The number of hydrogen-bond donors (Lipinski definition) is 0. The molecule has 0 saturated carbocycles. The molecule has 17 heavy (non-hydrogen) atoms. The van der Waals surface area contributed by atoms with Crippen molar-refractivity contribution in [1.29, 1.82) is 0 Å². The van der Waals surface area contributed by atoms with Gasteiger partial charge in [0, 0.05) is 6.61 Å². The van der Waals surface area contributed by atoms with E-state index in [0.717, 1.165) is 25.9 Å². The zero-order chi connectivity index (χ0) is 12.1. The van der Waals surface area contributed by atoms with Crippen molar-refractivity contribution >= 4 is 17.6 Å². The molecule has 1 unspecified atom stereocenters. The van der Waals surface area contributed by atoms with Gasteiger partial charge in [-0.2, -0.15) is 0 Å². The second-order valence-electron chi connectivity index (χ2n) is 4.07. The fourth-order valence-electron chi connectivity index (χ4n) is 1.81. The first-order valence-electron chi connectivity index (χ1n) is 5.80. The van der Waals surface area contributed by atoms with Gasteiger partial charge in [0.05, 0.1) is 16.7 Å². The number of hydrogen-bond acceptors (Lipinski definition) is 3. The average molecular weight is 255 g/mol. The Labute approximate surface area is 106 Å². The van der Waals surface area contributed by atoms with Crippen molar-refractivity contribution in [3.63, 3.8) is 0 Å². The van der Waals surface area contributed by atoms with Crippen LogP contribution < -0.4 is 0 Å².